The second kappa shape index (κ2) is 13.4. The minimum atomic E-state index is -1.04. The quantitative estimate of drug-likeness (QED) is 0.241. The number of β-amino-alcohol motifs (C(OH)–C–C–N with tert-alkyl or cyclic N) is 2. The van der Waals surface area contributed by atoms with E-state index in [-0.39, 0.29) is 38.3 Å². The number of hydrogen-bond donors (Lipinski definition) is 4. The number of nitrogens with zero attached hydrogens (tertiary/aromatic N) is 6. The maximum Gasteiger partial charge on any atom is 0.336 e. The van der Waals surface area contributed by atoms with E-state index >= 15 is 0 Å². The Balaban J connectivity index is 1.84. The van der Waals surface area contributed by atoms with Gasteiger partial charge in [-0.3, -0.25) is 14.7 Å². The summed E-state index contributed by atoms with van der Waals surface area (Å²) >= 11 is 0. The van der Waals surface area contributed by atoms with E-state index in [2.05, 4.69) is 35.9 Å². The lowest BCUT2D eigenvalue weighted by molar-refractivity contribution is 0.0302. The van der Waals surface area contributed by atoms with Gasteiger partial charge in [-0.25, -0.2) is 28.1 Å². The zero-order valence-electron chi connectivity index (χ0n) is 25.2. The van der Waals surface area contributed by atoms with Crippen molar-refractivity contribution in [3.05, 3.63) is 31.5 Å². The molecule has 3 rings (SSSR count). The van der Waals surface area contributed by atoms with Crippen molar-refractivity contribution in [2.24, 2.45) is 5.41 Å². The van der Waals surface area contributed by atoms with Crippen molar-refractivity contribution in [1.29, 1.82) is 0 Å². The molecule has 0 spiro atoms. The van der Waals surface area contributed by atoms with Gasteiger partial charge in [0.05, 0.1) is 37.9 Å². The molecule has 3 heterocycles. The van der Waals surface area contributed by atoms with Crippen LogP contribution in [0, 0.1) is 5.41 Å². The molecule has 0 bridgehead atoms. The van der Waals surface area contributed by atoms with Gasteiger partial charge in [-0.2, -0.15) is 0 Å². The molecule has 1 aromatic heterocycles. The zero-order chi connectivity index (χ0) is 29.8. The molecule has 2 aliphatic heterocycles. The lowest BCUT2D eigenvalue weighted by Gasteiger charge is -2.42. The molecule has 2 fully saturated rings. The van der Waals surface area contributed by atoms with Gasteiger partial charge in [0.15, 0.2) is 0 Å². The van der Waals surface area contributed by atoms with Crippen LogP contribution in [-0.2, 0) is 19.6 Å². The summed E-state index contributed by atoms with van der Waals surface area (Å²) in [5, 5.41) is 35.6. The Morgan fingerprint density at radius 3 is 1.43 bits per heavy atom. The molecule has 0 aromatic carbocycles. The normalized spacial score (nSPS) is 20.9. The molecule has 13 heteroatoms. The highest BCUT2D eigenvalue weighted by molar-refractivity contribution is 4.86. The summed E-state index contributed by atoms with van der Waals surface area (Å²) in [6, 6.07) is 0. The van der Waals surface area contributed by atoms with Gasteiger partial charge in [0.25, 0.3) is 0 Å². The highest BCUT2D eigenvalue weighted by Crippen LogP contribution is 2.19. The van der Waals surface area contributed by atoms with Crippen LogP contribution in [-0.4, -0.2) is 133 Å². The van der Waals surface area contributed by atoms with E-state index in [1.54, 1.807) is 20.8 Å². The van der Waals surface area contributed by atoms with E-state index in [4.69, 9.17) is 0 Å². The molecule has 3 atom stereocenters. The first-order valence-corrected chi connectivity index (χ1v) is 14.5. The van der Waals surface area contributed by atoms with Crippen molar-refractivity contribution in [3.63, 3.8) is 0 Å². The molecule has 40 heavy (non-hydrogen) atoms. The molecule has 4 N–H and O–H groups in total. The minimum Gasteiger partial charge on any atom is -0.391 e. The van der Waals surface area contributed by atoms with Crippen molar-refractivity contribution in [1.82, 2.24) is 33.7 Å². The fraction of sp³-hybridized carbons (Fsp3) is 0.889. The van der Waals surface area contributed by atoms with Crippen LogP contribution in [0.25, 0.3) is 0 Å². The van der Waals surface area contributed by atoms with Crippen LogP contribution in [0.2, 0.25) is 0 Å². The van der Waals surface area contributed by atoms with Crippen LogP contribution in [0.4, 0.5) is 0 Å². The monoisotopic (exact) mass is 569 g/mol. The number of rotatable bonds is 10. The van der Waals surface area contributed by atoms with Gasteiger partial charge in [0, 0.05) is 71.0 Å². The van der Waals surface area contributed by atoms with Gasteiger partial charge in [0.1, 0.15) is 0 Å². The summed E-state index contributed by atoms with van der Waals surface area (Å²) in [5.74, 6) is 0. The van der Waals surface area contributed by atoms with Crippen molar-refractivity contribution in [2.75, 3.05) is 65.4 Å². The van der Waals surface area contributed by atoms with Crippen LogP contribution in [0.15, 0.2) is 14.4 Å². The summed E-state index contributed by atoms with van der Waals surface area (Å²) < 4.78 is 2.58. The van der Waals surface area contributed by atoms with E-state index in [1.807, 2.05) is 4.90 Å². The van der Waals surface area contributed by atoms with Crippen LogP contribution in [0.5, 0.6) is 0 Å². The summed E-state index contributed by atoms with van der Waals surface area (Å²) in [4.78, 5) is 46.7. The number of aromatic nitrogens is 3. The van der Waals surface area contributed by atoms with Gasteiger partial charge in [-0.1, -0.05) is 20.8 Å². The summed E-state index contributed by atoms with van der Waals surface area (Å²) in [6.07, 6.45) is -3.07. The average molecular weight is 570 g/mol. The maximum atomic E-state index is 13.4. The second-order valence-electron chi connectivity index (χ2n) is 13.4. The predicted octanol–water partition coefficient (Wildman–Crippen LogP) is -2.38. The number of nitrogens with one attached hydrogen (secondary N) is 1. The third-order valence-electron chi connectivity index (χ3n) is 8.00. The first-order chi connectivity index (χ1) is 18.6. The highest BCUT2D eigenvalue weighted by Gasteiger charge is 2.29. The molecular weight excluding hydrogens is 518 g/mol. The second-order valence-corrected chi connectivity index (χ2v) is 13.4. The SMILES string of the molecule is CC(C)(C)C(O)Cn1c(=O)n(CC(O)CN2CCNCC2)c(=O)n(CC(O)CN2CCN(C(C)(C)C)CC2)c1=O. The standard InChI is InChI=1S/C27H51N7O6/c1-26(2,3)22(37)19-34-24(39)32(17-20(35)15-29-9-7-28-8-10-29)23(38)33(25(34)40)18-21(36)16-30-11-13-31(14-12-30)27(4,5)6/h20-22,28,35-37H,7-19H2,1-6H3. The Morgan fingerprint density at radius 2 is 1.02 bits per heavy atom. The van der Waals surface area contributed by atoms with Gasteiger partial charge in [-0.05, 0) is 26.2 Å². The summed E-state index contributed by atoms with van der Waals surface area (Å²) in [7, 11) is 0. The molecule has 2 saturated heterocycles. The first kappa shape index (κ1) is 32.6. The van der Waals surface area contributed by atoms with E-state index in [0.29, 0.717) is 0 Å². The molecule has 1 aromatic rings. The number of aliphatic hydroxyl groups excluding tert-OH is 3. The van der Waals surface area contributed by atoms with Crippen LogP contribution in [0.3, 0.4) is 0 Å². The van der Waals surface area contributed by atoms with Gasteiger partial charge >= 0.3 is 17.1 Å². The molecule has 0 radical (unpaired) electrons. The van der Waals surface area contributed by atoms with Crippen molar-refractivity contribution >= 4 is 0 Å². The minimum absolute atomic E-state index is 0.0594. The Bertz CT molecular complexity index is 1130. The topological polar surface area (TPSA) is 148 Å². The lowest BCUT2D eigenvalue weighted by atomic mass is 9.89. The van der Waals surface area contributed by atoms with E-state index in [0.717, 1.165) is 66.1 Å². The summed E-state index contributed by atoms with van der Waals surface area (Å²) in [6.45, 7) is 17.8. The summed E-state index contributed by atoms with van der Waals surface area (Å²) in [5.41, 5.74) is -3.17. The number of hydrogen-bond acceptors (Lipinski definition) is 10. The Morgan fingerprint density at radius 1 is 0.625 bits per heavy atom. The predicted molar refractivity (Wildman–Crippen MR) is 154 cm³/mol. The van der Waals surface area contributed by atoms with Crippen LogP contribution >= 0.6 is 0 Å². The number of piperazine rings is 2. The lowest BCUT2D eigenvalue weighted by Crippen LogP contribution is -2.59. The smallest absolute Gasteiger partial charge is 0.336 e. The maximum absolute atomic E-state index is 13.4. The fourth-order valence-corrected chi connectivity index (χ4v) is 5.23. The molecule has 0 amide bonds. The molecule has 2 aliphatic rings. The van der Waals surface area contributed by atoms with Gasteiger partial charge < -0.3 is 20.6 Å². The third kappa shape index (κ3) is 8.57. The Hall–Kier alpha value is -1.87. The molecule has 3 unspecified atom stereocenters. The van der Waals surface area contributed by atoms with Gasteiger partial charge in [0.2, 0.25) is 0 Å². The van der Waals surface area contributed by atoms with E-state index in [9.17, 15) is 29.7 Å². The zero-order valence-corrected chi connectivity index (χ0v) is 25.2. The van der Waals surface area contributed by atoms with E-state index < -0.39 is 40.8 Å². The third-order valence-corrected chi connectivity index (χ3v) is 8.00. The largest absolute Gasteiger partial charge is 0.391 e. The molecule has 0 aliphatic carbocycles. The first-order valence-electron chi connectivity index (χ1n) is 14.5. The van der Waals surface area contributed by atoms with Crippen molar-refractivity contribution in [2.45, 2.75) is 85.0 Å². The molecule has 13 nitrogen and oxygen atoms in total. The fourth-order valence-electron chi connectivity index (χ4n) is 5.23. The highest BCUT2D eigenvalue weighted by atomic mass is 16.3. The molecular formula is C27H51N7O6. The van der Waals surface area contributed by atoms with Crippen molar-refractivity contribution in [3.8, 4) is 0 Å². The van der Waals surface area contributed by atoms with Gasteiger partial charge in [-0.15, -0.1) is 0 Å². The molecule has 0 saturated carbocycles. The Labute approximate surface area is 236 Å². The average Bonchev–Trinajstić information content (AvgIpc) is 2.86. The van der Waals surface area contributed by atoms with Crippen molar-refractivity contribution < 1.29 is 15.3 Å². The van der Waals surface area contributed by atoms with E-state index in [1.165, 1.54) is 0 Å². The van der Waals surface area contributed by atoms with Crippen LogP contribution in [0.1, 0.15) is 41.5 Å². The molecule has 230 valence electrons. The number of aliphatic hydroxyl groups is 3. The van der Waals surface area contributed by atoms with Crippen LogP contribution < -0.4 is 22.4 Å². The Kier molecular flexibility index (Phi) is 10.9.